The molecule has 0 aliphatic rings. The summed E-state index contributed by atoms with van der Waals surface area (Å²) in [4.78, 5) is 48.6. The highest BCUT2D eigenvalue weighted by atomic mass is 16.4. The Kier molecular flexibility index (Phi) is 9.13. The maximum Gasteiger partial charge on any atom is 0.326 e. The van der Waals surface area contributed by atoms with Gasteiger partial charge in [0, 0.05) is 12.8 Å². The lowest BCUT2D eigenvalue weighted by molar-refractivity contribution is -0.142. The first kappa shape index (κ1) is 26.4. The van der Waals surface area contributed by atoms with Crippen molar-refractivity contribution in [3.8, 4) is 0 Å². The number of rotatable bonds is 12. The third-order valence-electron chi connectivity index (χ3n) is 5.82. The molecular weight excluding hydrogens is 460 g/mol. The average Bonchev–Trinajstić information content (AvgIpc) is 2.86. The van der Waals surface area contributed by atoms with Gasteiger partial charge in [-0.05, 0) is 34.7 Å². The topological polar surface area (TPSA) is 165 Å². The number of benzene rings is 3. The number of hydrogen-bond donors (Lipinski definition) is 5. The van der Waals surface area contributed by atoms with Gasteiger partial charge in [0.05, 0.1) is 6.04 Å². The molecule has 0 fully saturated rings. The van der Waals surface area contributed by atoms with E-state index >= 15 is 0 Å². The minimum absolute atomic E-state index is 0.128. The molecule has 3 atom stereocenters. The smallest absolute Gasteiger partial charge is 0.326 e. The first-order chi connectivity index (χ1) is 17.2. The van der Waals surface area contributed by atoms with E-state index in [1.54, 1.807) is 24.3 Å². The van der Waals surface area contributed by atoms with Crippen molar-refractivity contribution in [1.82, 2.24) is 10.6 Å². The monoisotopic (exact) mass is 490 g/mol. The summed E-state index contributed by atoms with van der Waals surface area (Å²) >= 11 is 0. The number of nitrogens with two attached hydrogens (primary N) is 2. The number of fused-ring (bicyclic) bond motifs is 1. The summed E-state index contributed by atoms with van der Waals surface area (Å²) in [6.07, 6.45) is 0.0173. The van der Waals surface area contributed by atoms with Crippen LogP contribution in [0.3, 0.4) is 0 Å². The highest BCUT2D eigenvalue weighted by Gasteiger charge is 2.28. The molecule has 36 heavy (non-hydrogen) atoms. The van der Waals surface area contributed by atoms with Crippen molar-refractivity contribution in [2.75, 3.05) is 0 Å². The molecule has 0 aliphatic carbocycles. The molecule has 0 aliphatic heterocycles. The number of carboxylic acids is 1. The molecule has 7 N–H and O–H groups in total. The zero-order chi connectivity index (χ0) is 26.1. The van der Waals surface area contributed by atoms with Gasteiger partial charge in [0.25, 0.3) is 0 Å². The second-order valence-electron chi connectivity index (χ2n) is 8.65. The highest BCUT2D eigenvalue weighted by molar-refractivity contribution is 5.92. The number of carbonyl (C=O) groups excluding carboxylic acids is 3. The highest BCUT2D eigenvalue weighted by Crippen LogP contribution is 2.16. The molecule has 0 aromatic heterocycles. The molecule has 9 nitrogen and oxygen atoms in total. The Balaban J connectivity index is 1.72. The van der Waals surface area contributed by atoms with Crippen LogP contribution in [-0.4, -0.2) is 46.9 Å². The quantitative estimate of drug-likeness (QED) is 0.257. The Labute approximate surface area is 208 Å². The van der Waals surface area contributed by atoms with Gasteiger partial charge in [-0.1, -0.05) is 72.8 Å². The van der Waals surface area contributed by atoms with E-state index in [0.717, 1.165) is 21.9 Å². The van der Waals surface area contributed by atoms with Gasteiger partial charge in [-0.2, -0.15) is 0 Å². The molecule has 3 aromatic rings. The number of primary amides is 1. The van der Waals surface area contributed by atoms with Gasteiger partial charge >= 0.3 is 5.97 Å². The Morgan fingerprint density at radius 3 is 2.06 bits per heavy atom. The van der Waals surface area contributed by atoms with E-state index in [-0.39, 0.29) is 25.7 Å². The predicted octanol–water partition coefficient (Wildman–Crippen LogP) is 1.27. The van der Waals surface area contributed by atoms with Crippen LogP contribution in [-0.2, 0) is 32.0 Å². The van der Waals surface area contributed by atoms with E-state index in [1.807, 2.05) is 48.5 Å². The van der Waals surface area contributed by atoms with Crippen LogP contribution in [0.15, 0.2) is 72.8 Å². The molecule has 0 unspecified atom stereocenters. The summed E-state index contributed by atoms with van der Waals surface area (Å²) in [5, 5.41) is 16.6. The van der Waals surface area contributed by atoms with Crippen LogP contribution in [0.1, 0.15) is 24.0 Å². The van der Waals surface area contributed by atoms with Crippen molar-refractivity contribution in [3.63, 3.8) is 0 Å². The average molecular weight is 491 g/mol. The normalized spacial score (nSPS) is 13.4. The maximum atomic E-state index is 13.0. The van der Waals surface area contributed by atoms with Crippen molar-refractivity contribution in [3.05, 3.63) is 83.9 Å². The molecule has 9 heteroatoms. The molecule has 0 radical (unpaired) electrons. The largest absolute Gasteiger partial charge is 0.480 e. The molecule has 188 valence electrons. The van der Waals surface area contributed by atoms with Crippen LogP contribution in [0.2, 0.25) is 0 Å². The van der Waals surface area contributed by atoms with E-state index in [9.17, 15) is 24.3 Å². The molecule has 0 bridgehead atoms. The number of carboxylic acid groups (broad SMARTS) is 1. The van der Waals surface area contributed by atoms with E-state index in [2.05, 4.69) is 10.6 Å². The lowest BCUT2D eigenvalue weighted by atomic mass is 10.0. The molecule has 0 saturated heterocycles. The molecule has 3 amide bonds. The van der Waals surface area contributed by atoms with Crippen LogP contribution in [0.25, 0.3) is 10.8 Å². The number of aliphatic carboxylic acids is 1. The third-order valence-corrected chi connectivity index (χ3v) is 5.82. The Bertz CT molecular complexity index is 1230. The minimum atomic E-state index is -1.33. The van der Waals surface area contributed by atoms with Gasteiger partial charge in [0.15, 0.2) is 0 Å². The third kappa shape index (κ3) is 7.64. The van der Waals surface area contributed by atoms with Crippen LogP contribution in [0.4, 0.5) is 0 Å². The fourth-order valence-electron chi connectivity index (χ4n) is 3.87. The summed E-state index contributed by atoms with van der Waals surface area (Å²) < 4.78 is 0. The standard InChI is InChI=1S/C27H30N4O5/c28-21(15-18-10-11-19-8-4-5-9-20(19)14-18)25(33)31-23(16-17-6-2-1-3-7-17)26(34)30-22(27(35)36)12-13-24(29)32/h1-11,14,21-23H,12-13,15-16,28H2,(H2,29,32)(H,30,34)(H,31,33)(H,35,36)/t21-,22-,23-/m0/s1. The van der Waals surface area contributed by atoms with Crippen molar-refractivity contribution in [2.24, 2.45) is 11.5 Å². The van der Waals surface area contributed by atoms with Crippen LogP contribution in [0.5, 0.6) is 0 Å². The second-order valence-corrected chi connectivity index (χ2v) is 8.65. The van der Waals surface area contributed by atoms with E-state index in [1.165, 1.54) is 0 Å². The molecule has 0 heterocycles. The zero-order valence-corrected chi connectivity index (χ0v) is 19.7. The minimum Gasteiger partial charge on any atom is -0.480 e. The fourth-order valence-corrected chi connectivity index (χ4v) is 3.87. The summed E-state index contributed by atoms with van der Waals surface area (Å²) in [5.74, 6) is -3.21. The van der Waals surface area contributed by atoms with Gasteiger partial charge in [-0.15, -0.1) is 0 Å². The molecule has 0 saturated carbocycles. The number of amides is 3. The van der Waals surface area contributed by atoms with Gasteiger partial charge < -0.3 is 27.2 Å². The van der Waals surface area contributed by atoms with Crippen molar-refractivity contribution in [1.29, 1.82) is 0 Å². The van der Waals surface area contributed by atoms with Crippen LogP contribution >= 0.6 is 0 Å². The molecule has 0 spiro atoms. The summed E-state index contributed by atoms with van der Waals surface area (Å²) in [5.41, 5.74) is 12.9. The fraction of sp³-hybridized carbons (Fsp3) is 0.259. The maximum absolute atomic E-state index is 13.0. The van der Waals surface area contributed by atoms with Crippen LogP contribution in [0, 0.1) is 0 Å². The Morgan fingerprint density at radius 2 is 1.39 bits per heavy atom. The lowest BCUT2D eigenvalue weighted by Crippen LogP contribution is -2.55. The molecule has 3 aromatic carbocycles. The number of hydrogen-bond acceptors (Lipinski definition) is 5. The first-order valence-electron chi connectivity index (χ1n) is 11.6. The zero-order valence-electron chi connectivity index (χ0n) is 19.7. The summed E-state index contributed by atoms with van der Waals surface area (Å²) in [7, 11) is 0. The van der Waals surface area contributed by atoms with Crippen molar-refractivity contribution >= 4 is 34.5 Å². The Hall–Kier alpha value is -4.24. The van der Waals surface area contributed by atoms with Gasteiger partial charge in [-0.25, -0.2) is 4.79 Å². The first-order valence-corrected chi connectivity index (χ1v) is 11.6. The van der Waals surface area contributed by atoms with Gasteiger partial charge in [0.2, 0.25) is 17.7 Å². The van der Waals surface area contributed by atoms with Crippen molar-refractivity contribution < 1.29 is 24.3 Å². The van der Waals surface area contributed by atoms with Crippen molar-refractivity contribution in [2.45, 2.75) is 43.8 Å². The Morgan fingerprint density at radius 1 is 0.750 bits per heavy atom. The van der Waals surface area contributed by atoms with E-state index in [4.69, 9.17) is 11.5 Å². The number of carbonyl (C=O) groups is 4. The molecular formula is C27H30N4O5. The summed E-state index contributed by atoms with van der Waals surface area (Å²) in [6, 6.07) is 19.3. The predicted molar refractivity (Wildman–Crippen MR) is 136 cm³/mol. The van der Waals surface area contributed by atoms with E-state index in [0.29, 0.717) is 0 Å². The van der Waals surface area contributed by atoms with E-state index < -0.39 is 41.8 Å². The SMILES string of the molecule is NC(=O)CC[C@H](NC(=O)[C@H](Cc1ccccc1)NC(=O)[C@@H](N)Cc1ccc2ccccc2c1)C(=O)O. The summed E-state index contributed by atoms with van der Waals surface area (Å²) in [6.45, 7) is 0. The van der Waals surface area contributed by atoms with Crippen LogP contribution < -0.4 is 22.1 Å². The molecule has 3 rings (SSSR count). The lowest BCUT2D eigenvalue weighted by Gasteiger charge is -2.23. The van der Waals surface area contributed by atoms with Gasteiger partial charge in [-0.3, -0.25) is 14.4 Å². The van der Waals surface area contributed by atoms with Gasteiger partial charge in [0.1, 0.15) is 12.1 Å². The second kappa shape index (κ2) is 12.5. The number of nitrogens with one attached hydrogen (secondary N) is 2.